The molecule has 1 aromatic rings. The molecule has 18 heavy (non-hydrogen) atoms. The predicted molar refractivity (Wildman–Crippen MR) is 71.8 cm³/mol. The van der Waals surface area contributed by atoms with Gasteiger partial charge in [-0.1, -0.05) is 6.07 Å². The van der Waals surface area contributed by atoms with E-state index in [-0.39, 0.29) is 11.1 Å². The minimum Gasteiger partial charge on any atom is -0.268 e. The summed E-state index contributed by atoms with van der Waals surface area (Å²) in [6.45, 7) is 0.319. The number of hydrogen-bond donors (Lipinski definition) is 0. The summed E-state index contributed by atoms with van der Waals surface area (Å²) in [6, 6.07) is 5.79. The van der Waals surface area contributed by atoms with Crippen molar-refractivity contribution in [1.82, 2.24) is 4.90 Å². The van der Waals surface area contributed by atoms with Gasteiger partial charge in [0.15, 0.2) is 0 Å². The third kappa shape index (κ3) is 2.81. The number of imide groups is 1. The standard InChI is InChI=1S/C12H10N2O2S2/c13-5-1-2-6-14-11(15)10(18-12(14)16)8-9-4-3-7-17-9/h3-4,7-8H,1-2,6H2. The lowest BCUT2D eigenvalue weighted by atomic mass is 10.3. The van der Waals surface area contributed by atoms with Gasteiger partial charge in [0.1, 0.15) is 0 Å². The first kappa shape index (κ1) is 12.9. The fourth-order valence-electron chi connectivity index (χ4n) is 1.51. The van der Waals surface area contributed by atoms with E-state index in [1.165, 1.54) is 16.2 Å². The van der Waals surface area contributed by atoms with E-state index in [0.717, 1.165) is 16.6 Å². The number of carbonyl (C=O) groups excluding carboxylic acids is 2. The number of rotatable bonds is 4. The van der Waals surface area contributed by atoms with Gasteiger partial charge in [0.05, 0.1) is 11.0 Å². The molecule has 0 atom stereocenters. The molecule has 0 unspecified atom stereocenters. The van der Waals surface area contributed by atoms with Crippen LogP contribution in [0.1, 0.15) is 17.7 Å². The molecule has 0 bridgehead atoms. The molecule has 1 aliphatic rings. The van der Waals surface area contributed by atoms with Crippen LogP contribution >= 0.6 is 23.1 Å². The van der Waals surface area contributed by atoms with Crippen molar-refractivity contribution in [1.29, 1.82) is 5.26 Å². The summed E-state index contributed by atoms with van der Waals surface area (Å²) in [4.78, 5) is 26.3. The Morgan fingerprint density at radius 2 is 2.28 bits per heavy atom. The maximum Gasteiger partial charge on any atom is 0.293 e. The van der Waals surface area contributed by atoms with Crippen molar-refractivity contribution >= 4 is 40.3 Å². The molecule has 1 aliphatic heterocycles. The summed E-state index contributed by atoms with van der Waals surface area (Å²) in [6.07, 6.45) is 2.62. The van der Waals surface area contributed by atoms with E-state index < -0.39 is 0 Å². The molecule has 0 aromatic carbocycles. The molecular formula is C12H10N2O2S2. The van der Waals surface area contributed by atoms with Gasteiger partial charge < -0.3 is 0 Å². The lowest BCUT2D eigenvalue weighted by molar-refractivity contribution is -0.122. The first-order valence-corrected chi connectivity index (χ1v) is 7.08. The average molecular weight is 278 g/mol. The summed E-state index contributed by atoms with van der Waals surface area (Å²) in [5.74, 6) is -0.253. The van der Waals surface area contributed by atoms with Gasteiger partial charge in [0, 0.05) is 17.8 Å². The van der Waals surface area contributed by atoms with Gasteiger partial charge in [-0.2, -0.15) is 5.26 Å². The highest BCUT2D eigenvalue weighted by Crippen LogP contribution is 2.32. The van der Waals surface area contributed by atoms with Crippen LogP contribution in [-0.2, 0) is 4.79 Å². The maximum absolute atomic E-state index is 12.0. The molecule has 1 saturated heterocycles. The Labute approximate surface area is 113 Å². The predicted octanol–water partition coefficient (Wildman–Crippen LogP) is 3.09. The van der Waals surface area contributed by atoms with E-state index in [9.17, 15) is 9.59 Å². The van der Waals surface area contributed by atoms with Gasteiger partial charge >= 0.3 is 0 Å². The SMILES string of the molecule is N#CCCCN1C(=O)SC(=Cc2cccs2)C1=O. The van der Waals surface area contributed by atoms with E-state index in [4.69, 9.17) is 5.26 Å². The van der Waals surface area contributed by atoms with Crippen LogP contribution < -0.4 is 0 Å². The van der Waals surface area contributed by atoms with Crippen molar-refractivity contribution in [2.75, 3.05) is 6.54 Å². The number of nitrogens with zero attached hydrogens (tertiary/aromatic N) is 2. The molecule has 6 heteroatoms. The van der Waals surface area contributed by atoms with Gasteiger partial charge in [0.25, 0.3) is 11.1 Å². The van der Waals surface area contributed by atoms with E-state index >= 15 is 0 Å². The van der Waals surface area contributed by atoms with Crippen LogP contribution in [0.2, 0.25) is 0 Å². The Bertz CT molecular complexity index is 529. The molecule has 2 rings (SSSR count). The molecule has 0 spiro atoms. The number of thiophene rings is 1. The Morgan fingerprint density at radius 3 is 2.94 bits per heavy atom. The molecule has 0 aliphatic carbocycles. The number of unbranched alkanes of at least 4 members (excludes halogenated alkanes) is 1. The zero-order chi connectivity index (χ0) is 13.0. The van der Waals surface area contributed by atoms with Crippen molar-refractivity contribution in [2.24, 2.45) is 0 Å². The summed E-state index contributed by atoms with van der Waals surface area (Å²) >= 11 is 2.48. The highest BCUT2D eigenvalue weighted by atomic mass is 32.2. The maximum atomic E-state index is 12.0. The van der Waals surface area contributed by atoms with Crippen LogP contribution in [0.4, 0.5) is 4.79 Å². The molecule has 2 amide bonds. The topological polar surface area (TPSA) is 61.2 Å². The van der Waals surface area contributed by atoms with Crippen LogP contribution in [0.15, 0.2) is 22.4 Å². The van der Waals surface area contributed by atoms with Crippen molar-refractivity contribution in [3.8, 4) is 6.07 Å². The summed E-state index contributed by atoms with van der Waals surface area (Å²) in [5.41, 5.74) is 0. The van der Waals surface area contributed by atoms with Crippen molar-refractivity contribution in [3.05, 3.63) is 27.3 Å². The first-order valence-electron chi connectivity index (χ1n) is 5.38. The number of nitriles is 1. The Morgan fingerprint density at radius 1 is 1.44 bits per heavy atom. The van der Waals surface area contributed by atoms with Crippen molar-refractivity contribution in [3.63, 3.8) is 0 Å². The second-order valence-electron chi connectivity index (χ2n) is 3.61. The van der Waals surface area contributed by atoms with Gasteiger partial charge in [0.2, 0.25) is 0 Å². The molecule has 4 nitrogen and oxygen atoms in total. The van der Waals surface area contributed by atoms with Gasteiger partial charge in [-0.05, 0) is 35.7 Å². The highest BCUT2D eigenvalue weighted by Gasteiger charge is 2.34. The first-order chi connectivity index (χ1) is 8.72. The van der Waals surface area contributed by atoms with Gasteiger partial charge in [-0.25, -0.2) is 0 Å². The van der Waals surface area contributed by atoms with Gasteiger partial charge in [-0.3, -0.25) is 14.5 Å². The zero-order valence-corrected chi connectivity index (χ0v) is 11.1. The fourth-order valence-corrected chi connectivity index (χ4v) is 3.10. The van der Waals surface area contributed by atoms with Crippen LogP contribution in [0.25, 0.3) is 6.08 Å². The molecular weight excluding hydrogens is 268 g/mol. The summed E-state index contributed by atoms with van der Waals surface area (Å²) in [7, 11) is 0. The molecule has 92 valence electrons. The van der Waals surface area contributed by atoms with E-state index in [0.29, 0.717) is 24.3 Å². The van der Waals surface area contributed by atoms with E-state index in [2.05, 4.69) is 0 Å². The van der Waals surface area contributed by atoms with Crippen molar-refractivity contribution in [2.45, 2.75) is 12.8 Å². The van der Waals surface area contributed by atoms with Gasteiger partial charge in [-0.15, -0.1) is 11.3 Å². The van der Waals surface area contributed by atoms with Crippen LogP contribution in [0.5, 0.6) is 0 Å². The smallest absolute Gasteiger partial charge is 0.268 e. The minimum absolute atomic E-state index is 0.249. The van der Waals surface area contributed by atoms with Crippen LogP contribution in [0, 0.1) is 11.3 Å². The quantitative estimate of drug-likeness (QED) is 0.627. The van der Waals surface area contributed by atoms with Crippen LogP contribution in [0.3, 0.4) is 0 Å². The normalized spacial score (nSPS) is 17.5. The number of thioether (sulfide) groups is 1. The average Bonchev–Trinajstić information content (AvgIpc) is 2.93. The zero-order valence-electron chi connectivity index (χ0n) is 9.46. The lowest BCUT2D eigenvalue weighted by Crippen LogP contribution is -2.29. The Hall–Kier alpha value is -1.58. The summed E-state index contributed by atoms with van der Waals surface area (Å²) in [5, 5.41) is 10.1. The van der Waals surface area contributed by atoms with E-state index in [1.54, 1.807) is 6.08 Å². The van der Waals surface area contributed by atoms with E-state index in [1.807, 2.05) is 23.6 Å². The molecule has 0 saturated carbocycles. The summed E-state index contributed by atoms with van der Waals surface area (Å²) < 4.78 is 0. The van der Waals surface area contributed by atoms with Crippen molar-refractivity contribution < 1.29 is 9.59 Å². The Balaban J connectivity index is 2.07. The second-order valence-corrected chi connectivity index (χ2v) is 5.58. The molecule has 1 aromatic heterocycles. The number of carbonyl (C=O) groups is 2. The fraction of sp³-hybridized carbons (Fsp3) is 0.250. The largest absolute Gasteiger partial charge is 0.293 e. The minimum atomic E-state index is -0.253. The lowest BCUT2D eigenvalue weighted by Gasteiger charge is -2.10. The van der Waals surface area contributed by atoms with Crippen LogP contribution in [-0.4, -0.2) is 22.6 Å². The number of amides is 2. The second kappa shape index (κ2) is 5.85. The highest BCUT2D eigenvalue weighted by molar-refractivity contribution is 8.18. The third-order valence-electron chi connectivity index (χ3n) is 2.36. The monoisotopic (exact) mass is 278 g/mol. The third-order valence-corrected chi connectivity index (χ3v) is 4.09. The molecule has 2 heterocycles. The molecule has 0 radical (unpaired) electrons. The molecule has 1 fully saturated rings. The number of hydrogen-bond acceptors (Lipinski definition) is 5. The Kier molecular flexibility index (Phi) is 4.18. The molecule has 0 N–H and O–H groups in total.